The number of carboxylic acids is 1. The lowest BCUT2D eigenvalue weighted by Gasteiger charge is -2.24. The first-order chi connectivity index (χ1) is 14.9. The summed E-state index contributed by atoms with van der Waals surface area (Å²) in [6, 6.07) is 14.7. The predicted molar refractivity (Wildman–Crippen MR) is 111 cm³/mol. The number of hydrogen-bond acceptors (Lipinski definition) is 5. The number of unbranched alkanes of at least 4 members (excludes halogenated alkanes) is 1. The molecule has 8 heteroatoms. The number of likely N-dealkylation sites (N-methyl/N-ethyl adjacent to an activating group) is 1. The highest BCUT2D eigenvalue weighted by molar-refractivity contribution is 6.21. The van der Waals surface area contributed by atoms with Crippen molar-refractivity contribution in [2.24, 2.45) is 0 Å². The van der Waals surface area contributed by atoms with Gasteiger partial charge in [-0.25, -0.2) is 9.59 Å². The number of fused-ring (bicyclic) bond motifs is 1. The fourth-order valence-corrected chi connectivity index (χ4v) is 3.48. The quantitative estimate of drug-likeness (QED) is 0.490. The summed E-state index contributed by atoms with van der Waals surface area (Å²) in [6.45, 7) is 0.247. The number of imide groups is 1. The summed E-state index contributed by atoms with van der Waals surface area (Å²) in [7, 11) is 1.39. The molecule has 1 N–H and O–H groups in total. The molecule has 0 aliphatic carbocycles. The zero-order chi connectivity index (χ0) is 22.4. The van der Waals surface area contributed by atoms with Gasteiger partial charge in [-0.05, 0) is 37.0 Å². The molecule has 1 aliphatic heterocycles. The fraction of sp³-hybridized carbons (Fsp3) is 0.304. The number of rotatable bonds is 9. The molecule has 0 aromatic heterocycles. The molecule has 0 fully saturated rings. The highest BCUT2D eigenvalue weighted by atomic mass is 16.6. The second-order valence-corrected chi connectivity index (χ2v) is 7.31. The van der Waals surface area contributed by atoms with Gasteiger partial charge >= 0.3 is 12.1 Å². The minimum Gasteiger partial charge on any atom is -0.480 e. The van der Waals surface area contributed by atoms with E-state index in [9.17, 15) is 24.3 Å². The molecule has 31 heavy (non-hydrogen) atoms. The Morgan fingerprint density at radius 2 is 1.55 bits per heavy atom. The van der Waals surface area contributed by atoms with Crippen molar-refractivity contribution in [3.63, 3.8) is 0 Å². The van der Waals surface area contributed by atoms with E-state index in [0.29, 0.717) is 24.0 Å². The zero-order valence-electron chi connectivity index (χ0n) is 17.2. The Morgan fingerprint density at radius 1 is 0.968 bits per heavy atom. The van der Waals surface area contributed by atoms with Crippen LogP contribution in [0.4, 0.5) is 4.79 Å². The van der Waals surface area contributed by atoms with Crippen LogP contribution >= 0.6 is 0 Å². The van der Waals surface area contributed by atoms with Gasteiger partial charge in [0.05, 0.1) is 11.1 Å². The number of aliphatic carboxylic acids is 1. The molecule has 1 heterocycles. The van der Waals surface area contributed by atoms with Gasteiger partial charge in [-0.15, -0.1) is 0 Å². The van der Waals surface area contributed by atoms with Crippen molar-refractivity contribution in [3.8, 4) is 0 Å². The van der Waals surface area contributed by atoms with Gasteiger partial charge in [0.15, 0.2) is 0 Å². The molecule has 0 radical (unpaired) electrons. The van der Waals surface area contributed by atoms with Gasteiger partial charge in [0, 0.05) is 13.6 Å². The summed E-state index contributed by atoms with van der Waals surface area (Å²) in [5.41, 5.74) is 1.57. The van der Waals surface area contributed by atoms with Crippen molar-refractivity contribution >= 4 is 23.9 Å². The summed E-state index contributed by atoms with van der Waals surface area (Å²) in [5, 5.41) is 9.52. The molecule has 8 nitrogen and oxygen atoms in total. The number of nitrogens with zero attached hydrogens (tertiary/aromatic N) is 2. The third-order valence-corrected chi connectivity index (χ3v) is 5.23. The van der Waals surface area contributed by atoms with E-state index in [1.807, 2.05) is 18.2 Å². The van der Waals surface area contributed by atoms with Gasteiger partial charge < -0.3 is 9.84 Å². The molecule has 2 aromatic carbocycles. The standard InChI is InChI=1S/C23H24N2O6/c1-24(23(30)31-15-16-9-3-2-4-10-16)19(22(28)29)13-7-8-14-25-20(26)17-11-5-6-12-18(17)21(25)27/h2-6,9-12,19H,7-8,13-15H2,1H3,(H,28,29)/t19-/m0/s1. The van der Waals surface area contributed by atoms with Gasteiger partial charge in [-0.2, -0.15) is 0 Å². The van der Waals surface area contributed by atoms with Crippen molar-refractivity contribution in [2.45, 2.75) is 31.9 Å². The Labute approximate surface area is 180 Å². The topological polar surface area (TPSA) is 104 Å². The van der Waals surface area contributed by atoms with Gasteiger partial charge in [0.2, 0.25) is 0 Å². The van der Waals surface area contributed by atoms with E-state index in [1.54, 1.807) is 36.4 Å². The summed E-state index contributed by atoms with van der Waals surface area (Å²) < 4.78 is 5.20. The average Bonchev–Trinajstić information content (AvgIpc) is 3.02. The normalized spacial score (nSPS) is 13.6. The maximum Gasteiger partial charge on any atom is 0.410 e. The van der Waals surface area contributed by atoms with Crippen LogP contribution in [0.15, 0.2) is 54.6 Å². The van der Waals surface area contributed by atoms with Crippen molar-refractivity contribution in [2.75, 3.05) is 13.6 Å². The fourth-order valence-electron chi connectivity index (χ4n) is 3.48. The molecule has 1 aliphatic rings. The summed E-state index contributed by atoms with van der Waals surface area (Å²) in [5.74, 6) is -1.81. The van der Waals surface area contributed by atoms with E-state index >= 15 is 0 Å². The number of carboxylic acid groups (broad SMARTS) is 1. The van der Waals surface area contributed by atoms with Crippen LogP contribution < -0.4 is 0 Å². The second-order valence-electron chi connectivity index (χ2n) is 7.31. The minimum absolute atomic E-state index is 0.0517. The minimum atomic E-state index is -1.14. The lowest BCUT2D eigenvalue weighted by Crippen LogP contribution is -2.42. The van der Waals surface area contributed by atoms with Gasteiger partial charge in [-0.1, -0.05) is 42.5 Å². The molecular weight excluding hydrogens is 400 g/mol. The Morgan fingerprint density at radius 3 is 2.13 bits per heavy atom. The molecule has 0 saturated carbocycles. The van der Waals surface area contributed by atoms with Gasteiger partial charge in [-0.3, -0.25) is 19.4 Å². The van der Waals surface area contributed by atoms with E-state index < -0.39 is 18.1 Å². The molecule has 1 atom stereocenters. The lowest BCUT2D eigenvalue weighted by atomic mass is 10.1. The predicted octanol–water partition coefficient (Wildman–Crippen LogP) is 3.17. The van der Waals surface area contributed by atoms with Crippen LogP contribution in [0.5, 0.6) is 0 Å². The number of hydrogen-bond donors (Lipinski definition) is 1. The number of ether oxygens (including phenoxy) is 1. The highest BCUT2D eigenvalue weighted by Gasteiger charge is 2.34. The molecule has 0 bridgehead atoms. The Bertz CT molecular complexity index is 940. The Hall–Kier alpha value is -3.68. The van der Waals surface area contributed by atoms with Crippen molar-refractivity contribution < 1.29 is 29.0 Å². The molecule has 3 rings (SSSR count). The number of carbonyl (C=O) groups excluding carboxylic acids is 3. The summed E-state index contributed by atoms with van der Waals surface area (Å²) in [4.78, 5) is 50.9. The zero-order valence-corrected chi connectivity index (χ0v) is 17.2. The van der Waals surface area contributed by atoms with Crippen LogP contribution in [0.2, 0.25) is 0 Å². The lowest BCUT2D eigenvalue weighted by molar-refractivity contribution is -0.142. The van der Waals surface area contributed by atoms with Crippen molar-refractivity contribution in [1.82, 2.24) is 9.80 Å². The SMILES string of the molecule is CN(C(=O)OCc1ccccc1)[C@@H](CCCCN1C(=O)c2ccccc2C1=O)C(=O)O. The first-order valence-electron chi connectivity index (χ1n) is 10.0. The van der Waals surface area contributed by atoms with Gasteiger partial charge in [0.1, 0.15) is 12.6 Å². The van der Waals surface area contributed by atoms with Gasteiger partial charge in [0.25, 0.3) is 11.8 Å². The van der Waals surface area contributed by atoms with Crippen LogP contribution in [0, 0.1) is 0 Å². The summed E-state index contributed by atoms with van der Waals surface area (Å²) >= 11 is 0. The van der Waals surface area contributed by atoms with Crippen LogP contribution in [-0.4, -0.2) is 58.4 Å². The largest absolute Gasteiger partial charge is 0.480 e. The maximum atomic E-state index is 12.4. The van der Waals surface area contributed by atoms with Crippen LogP contribution in [0.25, 0.3) is 0 Å². The Balaban J connectivity index is 1.48. The third-order valence-electron chi connectivity index (χ3n) is 5.23. The number of carbonyl (C=O) groups is 4. The third kappa shape index (κ3) is 5.09. The van der Waals surface area contributed by atoms with E-state index in [1.165, 1.54) is 11.9 Å². The summed E-state index contributed by atoms with van der Waals surface area (Å²) in [6.07, 6.45) is 0.301. The molecule has 162 valence electrons. The molecule has 0 unspecified atom stereocenters. The van der Waals surface area contributed by atoms with E-state index in [2.05, 4.69) is 0 Å². The second kappa shape index (κ2) is 9.88. The molecule has 0 spiro atoms. The maximum absolute atomic E-state index is 12.4. The van der Waals surface area contributed by atoms with E-state index in [-0.39, 0.29) is 31.4 Å². The average molecular weight is 424 g/mol. The monoisotopic (exact) mass is 424 g/mol. The first-order valence-corrected chi connectivity index (χ1v) is 10.0. The first kappa shape index (κ1) is 22.0. The van der Waals surface area contributed by atoms with E-state index in [4.69, 9.17) is 4.74 Å². The van der Waals surface area contributed by atoms with E-state index in [0.717, 1.165) is 10.5 Å². The number of amides is 3. The Kier molecular flexibility index (Phi) is 7.02. The molecule has 0 saturated heterocycles. The molecule has 2 aromatic rings. The molecule has 3 amide bonds. The van der Waals surface area contributed by atoms with Crippen LogP contribution in [0.1, 0.15) is 45.5 Å². The molecular formula is C23H24N2O6. The van der Waals surface area contributed by atoms with Crippen molar-refractivity contribution in [1.29, 1.82) is 0 Å². The van der Waals surface area contributed by atoms with Crippen LogP contribution in [-0.2, 0) is 16.1 Å². The van der Waals surface area contributed by atoms with Crippen LogP contribution in [0.3, 0.4) is 0 Å². The highest BCUT2D eigenvalue weighted by Crippen LogP contribution is 2.23. The smallest absolute Gasteiger partial charge is 0.410 e. The number of benzene rings is 2. The van der Waals surface area contributed by atoms with Crippen molar-refractivity contribution in [3.05, 3.63) is 71.3 Å².